The first-order valence-corrected chi connectivity index (χ1v) is 11.6. The van der Waals surface area contributed by atoms with Crippen molar-refractivity contribution >= 4 is 35.6 Å². The van der Waals surface area contributed by atoms with Crippen LogP contribution in [0.25, 0.3) is 5.57 Å². The number of benzene rings is 2. The molecule has 0 unspecified atom stereocenters. The standard InChI is InChI=1S/C20H15N2O4.CH3O.Po/c1-14(19(23)24-2)17-9-3-4-10-18(17)25-15-7-5-8-16(13-15)26-20-21-11-6-12-22-20;1-2;/h1,3-13H,2H3;1H3;/q;-1;+1. The van der Waals surface area contributed by atoms with E-state index in [0.717, 1.165) is 0 Å². The van der Waals surface area contributed by atoms with Crippen molar-refractivity contribution in [2.24, 2.45) is 0 Å². The van der Waals surface area contributed by atoms with Crippen LogP contribution < -0.4 is 9.47 Å². The molecule has 0 bridgehead atoms. The molecule has 8 heteroatoms. The van der Waals surface area contributed by atoms with Crippen molar-refractivity contribution in [1.29, 1.82) is 0 Å². The maximum absolute atomic E-state index is 12.3. The Morgan fingerprint density at radius 1 is 0.931 bits per heavy atom. The van der Waals surface area contributed by atoms with E-state index in [-0.39, 0.29) is 6.01 Å². The van der Waals surface area contributed by atoms with E-state index >= 15 is 0 Å². The molecule has 0 aliphatic rings. The van der Waals surface area contributed by atoms with Crippen LogP contribution in [0.3, 0.4) is 0 Å². The number of nitrogens with zero attached hydrogens (tertiary/aromatic N) is 2. The zero-order chi connectivity index (χ0) is 20.5. The van der Waals surface area contributed by atoms with E-state index in [2.05, 4.69) is 9.97 Å². The number of para-hydroxylation sites is 1. The van der Waals surface area contributed by atoms with Gasteiger partial charge in [0.15, 0.2) is 0 Å². The van der Waals surface area contributed by atoms with Crippen LogP contribution in [-0.2, 0) is 12.3 Å². The van der Waals surface area contributed by atoms with Crippen molar-refractivity contribution in [3.8, 4) is 23.3 Å². The van der Waals surface area contributed by atoms with Crippen LogP contribution in [0.15, 0.2) is 70.7 Å². The number of esters is 1. The number of hydrogen-bond acceptors (Lipinski definition) is 7. The Kier molecular flexibility index (Phi) is 7.68. The molecule has 0 saturated heterocycles. The number of aromatic nitrogens is 2. The molecule has 0 aliphatic heterocycles. The first-order chi connectivity index (χ1) is 14.2. The summed E-state index contributed by atoms with van der Waals surface area (Å²) in [5, 5.41) is 0. The Morgan fingerprint density at radius 2 is 1.66 bits per heavy atom. The molecule has 0 radical (unpaired) electrons. The minimum atomic E-state index is -1.25. The number of carbonyl (C=O) groups is 1. The van der Waals surface area contributed by atoms with Crippen LogP contribution in [-0.4, -0.2) is 54.2 Å². The second kappa shape index (κ2) is 10.7. The van der Waals surface area contributed by atoms with E-state index in [0.29, 0.717) is 28.4 Å². The van der Waals surface area contributed by atoms with Gasteiger partial charge >= 0.3 is 175 Å². The average Bonchev–Trinajstić information content (AvgIpc) is 2.76. The van der Waals surface area contributed by atoms with Crippen molar-refractivity contribution in [3.05, 3.63) is 76.3 Å². The second-order valence-electron chi connectivity index (χ2n) is 5.49. The molecule has 0 spiro atoms. The molecule has 3 aromatic rings. The van der Waals surface area contributed by atoms with Gasteiger partial charge in [-0.15, -0.1) is 0 Å². The van der Waals surface area contributed by atoms with E-state index in [9.17, 15) is 4.79 Å². The first-order valence-electron chi connectivity index (χ1n) is 8.51. The first kappa shape index (κ1) is 20.9. The van der Waals surface area contributed by atoms with Crippen LogP contribution in [0.4, 0.5) is 0 Å². The van der Waals surface area contributed by atoms with Crippen LogP contribution in [0.5, 0.6) is 23.3 Å². The number of methoxy groups -OCH3 is 1. The molecule has 0 N–H and O–H groups in total. The molecule has 1 heterocycles. The second-order valence-corrected chi connectivity index (χ2v) is 8.45. The molecule has 148 valence electrons. The van der Waals surface area contributed by atoms with Crippen LogP contribution in [0, 0.1) is 0 Å². The zero-order valence-corrected chi connectivity index (χ0v) is 18.9. The molecular weight excluding hydrogens is 569 g/mol. The summed E-state index contributed by atoms with van der Waals surface area (Å²) in [4.78, 5) is 20.4. The number of hydrogen-bond donors (Lipinski definition) is 0. The van der Waals surface area contributed by atoms with E-state index in [4.69, 9.17) is 17.0 Å². The van der Waals surface area contributed by atoms with Gasteiger partial charge in [-0.1, -0.05) is 0 Å². The Morgan fingerprint density at radius 3 is 2.38 bits per heavy atom. The van der Waals surface area contributed by atoms with Gasteiger partial charge in [-0.3, -0.25) is 0 Å². The van der Waals surface area contributed by atoms with Crippen molar-refractivity contribution in [1.82, 2.24) is 9.97 Å². The monoisotopic (exact) mass is 587 g/mol. The van der Waals surface area contributed by atoms with Gasteiger partial charge in [0.05, 0.1) is 0 Å². The van der Waals surface area contributed by atoms with Crippen molar-refractivity contribution in [2.75, 3.05) is 14.2 Å². The fraction of sp³-hybridized carbons (Fsp3) is 0.0952. The summed E-state index contributed by atoms with van der Waals surface area (Å²) in [6, 6.07) is 16.3. The normalized spacial score (nSPS) is 11.0. The maximum atomic E-state index is 12.3. The Bertz CT molecular complexity index is 995. The van der Waals surface area contributed by atoms with E-state index in [1.54, 1.807) is 55.9 Å². The number of rotatable bonds is 8. The quantitative estimate of drug-likeness (QED) is 0.293. The van der Waals surface area contributed by atoms with Gasteiger partial charge < -0.3 is 0 Å². The van der Waals surface area contributed by atoms with Crippen molar-refractivity contribution in [3.63, 3.8) is 0 Å². The van der Waals surface area contributed by atoms with Gasteiger partial charge in [-0.25, -0.2) is 0 Å². The fourth-order valence-corrected chi connectivity index (χ4v) is 3.99. The Hall–Kier alpha value is -2.81. The molecule has 2 aromatic carbocycles. The van der Waals surface area contributed by atoms with Gasteiger partial charge in [0.25, 0.3) is 0 Å². The third kappa shape index (κ3) is 5.83. The average molecular weight is 587 g/mol. The van der Waals surface area contributed by atoms with Crippen LogP contribution in [0.2, 0.25) is 0 Å². The predicted molar refractivity (Wildman–Crippen MR) is 108 cm³/mol. The van der Waals surface area contributed by atoms with E-state index in [1.165, 1.54) is 7.11 Å². The van der Waals surface area contributed by atoms with Crippen LogP contribution in [0.1, 0.15) is 5.56 Å². The number of ether oxygens (including phenoxy) is 3. The van der Waals surface area contributed by atoms with Gasteiger partial charge in [-0.2, -0.15) is 0 Å². The van der Waals surface area contributed by atoms with Gasteiger partial charge in [0, 0.05) is 0 Å². The fourth-order valence-electron chi connectivity index (χ4n) is 2.38. The summed E-state index contributed by atoms with van der Waals surface area (Å²) in [6.07, 6.45) is 3.20. The zero-order valence-electron chi connectivity index (χ0n) is 15.8. The SMILES string of the molecule is C[O][Po]/[CH]=C(/C(=O)OC)c1ccccc1Oc1cccc(Oc2ncccn2)c1. The minimum absolute atomic E-state index is 0.242. The Labute approximate surface area is 180 Å². The summed E-state index contributed by atoms with van der Waals surface area (Å²) in [5.74, 6) is 1.16. The molecular formula is C21H18N2O5Po. The van der Waals surface area contributed by atoms with Gasteiger partial charge in [0.1, 0.15) is 0 Å². The molecule has 7 nitrogen and oxygen atoms in total. The molecule has 0 fully saturated rings. The molecule has 1 aromatic heterocycles. The molecule has 0 amide bonds. The van der Waals surface area contributed by atoms with Crippen LogP contribution >= 0.6 is 0 Å². The predicted octanol–water partition coefficient (Wildman–Crippen LogP) is 3.84. The molecule has 3 rings (SSSR count). The van der Waals surface area contributed by atoms with E-state index < -0.39 is 30.0 Å². The van der Waals surface area contributed by atoms with Gasteiger partial charge in [-0.05, 0) is 6.07 Å². The molecule has 0 aliphatic carbocycles. The summed E-state index contributed by atoms with van der Waals surface area (Å²) < 4.78 is 23.7. The molecule has 0 saturated carbocycles. The summed E-state index contributed by atoms with van der Waals surface area (Å²) in [6.45, 7) is 0. The summed E-state index contributed by atoms with van der Waals surface area (Å²) in [5.41, 5.74) is 1.06. The third-order valence-corrected chi connectivity index (χ3v) is 5.67. The number of carbonyl (C=O) groups excluding carboxylic acids is 1. The summed E-state index contributed by atoms with van der Waals surface area (Å²) in [7, 11) is 2.98. The van der Waals surface area contributed by atoms with Gasteiger partial charge in [0.2, 0.25) is 0 Å². The molecule has 29 heavy (non-hydrogen) atoms. The third-order valence-electron chi connectivity index (χ3n) is 3.63. The van der Waals surface area contributed by atoms with Crippen molar-refractivity contribution in [2.45, 2.75) is 0 Å². The van der Waals surface area contributed by atoms with E-state index in [1.807, 2.05) is 21.9 Å². The van der Waals surface area contributed by atoms with Crippen molar-refractivity contribution < 1.29 is 21.8 Å². The molecule has 0 atom stereocenters. The summed E-state index contributed by atoms with van der Waals surface area (Å²) >= 11 is -1.25. The topological polar surface area (TPSA) is 79.8 Å². The Balaban J connectivity index is 1.87.